The van der Waals surface area contributed by atoms with E-state index in [1.54, 1.807) is 24.3 Å². The number of rotatable bonds is 9. The Kier molecular flexibility index (Phi) is 8.09. The lowest BCUT2D eigenvalue weighted by molar-refractivity contribution is -0.119. The van der Waals surface area contributed by atoms with Crippen LogP contribution >= 0.6 is 11.6 Å². The van der Waals surface area contributed by atoms with Gasteiger partial charge >= 0.3 is 0 Å². The quantitative estimate of drug-likeness (QED) is 0.239. The summed E-state index contributed by atoms with van der Waals surface area (Å²) < 4.78 is 38.7. The smallest absolute Gasteiger partial charge is 0.278 e. The number of benzene rings is 4. The molecule has 0 radical (unpaired) electrons. The minimum atomic E-state index is -4.25. The third-order valence-electron chi connectivity index (χ3n) is 6.32. The molecule has 8 heteroatoms. The molecule has 38 heavy (non-hydrogen) atoms. The molecule has 196 valence electrons. The van der Waals surface area contributed by atoms with E-state index in [2.05, 4.69) is 26.0 Å². The molecule has 0 bridgehead atoms. The summed E-state index contributed by atoms with van der Waals surface area (Å²) in [6.07, 6.45) is 0. The number of ether oxygens (including phenoxy) is 2. The fourth-order valence-corrected chi connectivity index (χ4v) is 5.58. The first-order chi connectivity index (χ1) is 18.1. The van der Waals surface area contributed by atoms with Gasteiger partial charge in [0.1, 0.15) is 11.5 Å². The Balaban J connectivity index is 1.56. The standard InChI is InChI=1S/C30H28ClNO5S/c1-30(2,22-7-5-4-6-8-22)23-9-15-27(16-10-23)37-21-29(33)32(25-13-17-26(36-3)18-14-25)38(34,35)28-19-11-24(31)12-20-28/h4-20H,21H2,1-3H3. The monoisotopic (exact) mass is 549 g/mol. The van der Waals surface area contributed by atoms with Gasteiger partial charge in [-0.25, -0.2) is 8.42 Å². The molecule has 4 aromatic carbocycles. The highest BCUT2D eigenvalue weighted by Gasteiger charge is 2.31. The van der Waals surface area contributed by atoms with Crippen LogP contribution in [0.1, 0.15) is 25.0 Å². The number of hydrogen-bond donors (Lipinski definition) is 0. The minimum Gasteiger partial charge on any atom is -0.497 e. The normalized spacial score (nSPS) is 11.6. The van der Waals surface area contributed by atoms with Crippen LogP contribution in [0.2, 0.25) is 5.02 Å². The lowest BCUT2D eigenvalue weighted by Gasteiger charge is -2.26. The maximum atomic E-state index is 13.5. The first-order valence-corrected chi connectivity index (χ1v) is 13.7. The van der Waals surface area contributed by atoms with Crippen LogP contribution in [-0.2, 0) is 20.2 Å². The number of anilines is 1. The van der Waals surface area contributed by atoms with E-state index in [-0.39, 0.29) is 16.0 Å². The molecule has 0 aromatic heterocycles. The Hall–Kier alpha value is -3.81. The maximum absolute atomic E-state index is 13.5. The van der Waals surface area contributed by atoms with E-state index in [0.717, 1.165) is 9.87 Å². The molecule has 4 rings (SSSR count). The zero-order valence-corrected chi connectivity index (χ0v) is 22.9. The van der Waals surface area contributed by atoms with E-state index >= 15 is 0 Å². The Morgan fingerprint density at radius 3 is 1.92 bits per heavy atom. The molecule has 0 aliphatic carbocycles. The van der Waals surface area contributed by atoms with Crippen molar-refractivity contribution >= 4 is 33.2 Å². The Bertz CT molecular complexity index is 1490. The zero-order chi connectivity index (χ0) is 27.3. The highest BCUT2D eigenvalue weighted by molar-refractivity contribution is 7.93. The van der Waals surface area contributed by atoms with Gasteiger partial charge in [-0.15, -0.1) is 0 Å². The summed E-state index contributed by atoms with van der Waals surface area (Å²) in [5, 5.41) is 0.383. The zero-order valence-electron chi connectivity index (χ0n) is 21.3. The van der Waals surface area contributed by atoms with Gasteiger partial charge in [0, 0.05) is 10.4 Å². The lowest BCUT2D eigenvalue weighted by atomic mass is 9.78. The number of halogens is 1. The summed E-state index contributed by atoms with van der Waals surface area (Å²) >= 11 is 5.94. The number of nitrogens with zero attached hydrogens (tertiary/aromatic N) is 1. The second-order valence-electron chi connectivity index (χ2n) is 9.12. The highest BCUT2D eigenvalue weighted by Crippen LogP contribution is 2.32. The van der Waals surface area contributed by atoms with Gasteiger partial charge in [-0.2, -0.15) is 4.31 Å². The summed E-state index contributed by atoms with van der Waals surface area (Å²) in [6, 6.07) is 29.4. The number of carbonyl (C=O) groups excluding carboxylic acids is 1. The maximum Gasteiger partial charge on any atom is 0.278 e. The fraction of sp³-hybridized carbons (Fsp3) is 0.167. The van der Waals surface area contributed by atoms with Gasteiger partial charge in [0.25, 0.3) is 15.9 Å². The van der Waals surface area contributed by atoms with Crippen molar-refractivity contribution in [2.24, 2.45) is 0 Å². The van der Waals surface area contributed by atoms with Crippen LogP contribution in [0.4, 0.5) is 5.69 Å². The number of amides is 1. The van der Waals surface area contributed by atoms with E-state index < -0.39 is 22.5 Å². The fourth-order valence-electron chi connectivity index (χ4n) is 4.04. The van der Waals surface area contributed by atoms with E-state index in [0.29, 0.717) is 16.5 Å². The van der Waals surface area contributed by atoms with Crippen LogP contribution in [0.5, 0.6) is 11.5 Å². The van der Waals surface area contributed by atoms with Crippen molar-refractivity contribution in [2.45, 2.75) is 24.2 Å². The summed E-state index contributed by atoms with van der Waals surface area (Å²) in [7, 11) is -2.74. The molecule has 0 fully saturated rings. The number of methoxy groups -OCH3 is 1. The van der Waals surface area contributed by atoms with Crippen molar-refractivity contribution in [3.05, 3.63) is 119 Å². The molecular weight excluding hydrogens is 522 g/mol. The van der Waals surface area contributed by atoms with Crippen LogP contribution in [0.3, 0.4) is 0 Å². The van der Waals surface area contributed by atoms with Crippen molar-refractivity contribution in [1.29, 1.82) is 0 Å². The third-order valence-corrected chi connectivity index (χ3v) is 8.33. The van der Waals surface area contributed by atoms with Crippen molar-refractivity contribution in [2.75, 3.05) is 18.0 Å². The molecule has 0 saturated heterocycles. The molecule has 0 spiro atoms. The molecule has 4 aromatic rings. The van der Waals surface area contributed by atoms with Crippen LogP contribution in [0.25, 0.3) is 0 Å². The first-order valence-electron chi connectivity index (χ1n) is 11.9. The summed E-state index contributed by atoms with van der Waals surface area (Å²) in [6.45, 7) is 3.78. The van der Waals surface area contributed by atoms with Crippen molar-refractivity contribution in [1.82, 2.24) is 0 Å². The number of sulfonamides is 1. The van der Waals surface area contributed by atoms with Gasteiger partial charge in [-0.05, 0) is 71.8 Å². The number of carbonyl (C=O) groups is 1. The van der Waals surface area contributed by atoms with Gasteiger partial charge in [-0.1, -0.05) is 67.9 Å². The molecule has 0 atom stereocenters. The third kappa shape index (κ3) is 5.85. The van der Waals surface area contributed by atoms with Crippen molar-refractivity contribution in [3.8, 4) is 11.5 Å². The molecule has 1 amide bonds. The molecule has 0 N–H and O–H groups in total. The molecule has 0 heterocycles. The summed E-state index contributed by atoms with van der Waals surface area (Å²) in [5.74, 6) is 0.225. The highest BCUT2D eigenvalue weighted by atomic mass is 35.5. The van der Waals surface area contributed by atoms with Gasteiger partial charge in [-0.3, -0.25) is 4.79 Å². The van der Waals surface area contributed by atoms with Crippen molar-refractivity contribution < 1.29 is 22.7 Å². The Morgan fingerprint density at radius 2 is 1.34 bits per heavy atom. The van der Waals surface area contributed by atoms with Gasteiger partial charge in [0.05, 0.1) is 17.7 Å². The Morgan fingerprint density at radius 1 is 0.789 bits per heavy atom. The van der Waals surface area contributed by atoms with Crippen LogP contribution < -0.4 is 13.8 Å². The SMILES string of the molecule is COc1ccc(N(C(=O)COc2ccc(C(C)(C)c3ccccc3)cc2)S(=O)(=O)c2ccc(Cl)cc2)cc1. The second-order valence-corrected chi connectivity index (χ2v) is 11.3. The summed E-state index contributed by atoms with van der Waals surface area (Å²) in [4.78, 5) is 13.3. The molecule has 0 aliphatic rings. The minimum absolute atomic E-state index is 0.0708. The average molecular weight is 550 g/mol. The molecule has 0 saturated carbocycles. The first kappa shape index (κ1) is 27.2. The molecular formula is C30H28ClNO5S. The van der Waals surface area contributed by atoms with E-state index in [1.165, 1.54) is 49.1 Å². The van der Waals surface area contributed by atoms with Gasteiger partial charge < -0.3 is 9.47 Å². The van der Waals surface area contributed by atoms with E-state index in [4.69, 9.17) is 21.1 Å². The number of hydrogen-bond acceptors (Lipinski definition) is 5. The predicted molar refractivity (Wildman–Crippen MR) is 150 cm³/mol. The van der Waals surface area contributed by atoms with Gasteiger partial charge in [0.15, 0.2) is 6.61 Å². The van der Waals surface area contributed by atoms with Crippen molar-refractivity contribution in [3.63, 3.8) is 0 Å². The van der Waals surface area contributed by atoms with Crippen LogP contribution in [0.15, 0.2) is 108 Å². The predicted octanol–water partition coefficient (Wildman–Crippen LogP) is 6.48. The van der Waals surface area contributed by atoms with Gasteiger partial charge in [0.2, 0.25) is 0 Å². The van der Waals surface area contributed by atoms with Crippen LogP contribution in [-0.4, -0.2) is 28.0 Å². The molecule has 6 nitrogen and oxygen atoms in total. The lowest BCUT2D eigenvalue weighted by Crippen LogP contribution is -2.40. The largest absolute Gasteiger partial charge is 0.497 e. The topological polar surface area (TPSA) is 72.9 Å². The Labute approximate surface area is 228 Å². The van der Waals surface area contributed by atoms with E-state index in [1.807, 2.05) is 30.3 Å². The average Bonchev–Trinajstić information content (AvgIpc) is 2.93. The van der Waals surface area contributed by atoms with E-state index in [9.17, 15) is 13.2 Å². The second kappa shape index (κ2) is 11.3. The molecule has 0 aliphatic heterocycles. The summed E-state index contributed by atoms with van der Waals surface area (Å²) in [5.41, 5.74) is 2.18. The molecule has 0 unspecified atom stereocenters. The van der Waals surface area contributed by atoms with Crippen LogP contribution in [0, 0.1) is 0 Å².